The van der Waals surface area contributed by atoms with Crippen LogP contribution in [0.4, 0.5) is 0 Å². The molecule has 1 aliphatic rings. The number of carbonyl (C=O) groups excluding carboxylic acids is 1. The molecular formula is C9H7BrO3. The zero-order chi connectivity index (χ0) is 9.59. The summed E-state index contributed by atoms with van der Waals surface area (Å²) in [6.07, 6.45) is 0.571. The molecule has 1 aliphatic carbocycles. The van der Waals surface area contributed by atoms with Crippen molar-refractivity contribution in [1.82, 2.24) is 0 Å². The van der Waals surface area contributed by atoms with Gasteiger partial charge >= 0.3 is 0 Å². The van der Waals surface area contributed by atoms with E-state index >= 15 is 0 Å². The lowest BCUT2D eigenvalue weighted by Crippen LogP contribution is -2.06. The van der Waals surface area contributed by atoms with Gasteiger partial charge in [0.05, 0.1) is 10.4 Å². The SMILES string of the molecule is O=C1c2c(ccc(O)c2O)CC1Br. The van der Waals surface area contributed by atoms with Crippen LogP contribution >= 0.6 is 15.9 Å². The van der Waals surface area contributed by atoms with Crippen LogP contribution in [0.3, 0.4) is 0 Å². The molecule has 1 unspecified atom stereocenters. The van der Waals surface area contributed by atoms with Crippen molar-refractivity contribution in [2.75, 3.05) is 0 Å². The normalized spacial score (nSPS) is 20.4. The first-order valence-corrected chi connectivity index (χ1v) is 4.75. The predicted octanol–water partition coefficient (Wildman–Crippen LogP) is 1.60. The summed E-state index contributed by atoms with van der Waals surface area (Å²) in [5.74, 6) is -0.707. The molecule has 68 valence electrons. The Morgan fingerprint density at radius 1 is 1.38 bits per heavy atom. The van der Waals surface area contributed by atoms with Gasteiger partial charge in [0.25, 0.3) is 0 Å². The van der Waals surface area contributed by atoms with Gasteiger partial charge < -0.3 is 10.2 Å². The molecule has 2 rings (SSSR count). The first-order valence-electron chi connectivity index (χ1n) is 3.83. The fourth-order valence-electron chi connectivity index (χ4n) is 1.51. The number of carbonyl (C=O) groups is 1. The summed E-state index contributed by atoms with van der Waals surface area (Å²) in [6.45, 7) is 0. The van der Waals surface area contributed by atoms with Crippen molar-refractivity contribution in [3.8, 4) is 11.5 Å². The third kappa shape index (κ3) is 1.13. The molecule has 0 aliphatic heterocycles. The molecule has 0 fully saturated rings. The number of phenols is 2. The lowest BCUT2D eigenvalue weighted by Gasteiger charge is -2.02. The van der Waals surface area contributed by atoms with Crippen molar-refractivity contribution in [3.05, 3.63) is 23.3 Å². The van der Waals surface area contributed by atoms with Crippen molar-refractivity contribution >= 4 is 21.7 Å². The van der Waals surface area contributed by atoms with E-state index in [1.807, 2.05) is 0 Å². The molecule has 4 heteroatoms. The fourth-order valence-corrected chi connectivity index (χ4v) is 2.09. The second kappa shape index (κ2) is 2.73. The molecule has 0 aromatic heterocycles. The Balaban J connectivity index is 2.66. The smallest absolute Gasteiger partial charge is 0.180 e. The molecule has 0 amide bonds. The third-order valence-electron chi connectivity index (χ3n) is 2.17. The Kier molecular flexibility index (Phi) is 1.80. The van der Waals surface area contributed by atoms with Crippen molar-refractivity contribution in [2.24, 2.45) is 0 Å². The molecule has 13 heavy (non-hydrogen) atoms. The van der Waals surface area contributed by atoms with Crippen molar-refractivity contribution in [2.45, 2.75) is 11.2 Å². The number of Topliss-reactive ketones (excluding diaryl/α,β-unsaturated/α-hetero) is 1. The van der Waals surface area contributed by atoms with E-state index in [4.69, 9.17) is 5.11 Å². The zero-order valence-electron chi connectivity index (χ0n) is 6.62. The molecule has 1 atom stereocenters. The molecule has 0 saturated heterocycles. The van der Waals surface area contributed by atoms with Gasteiger partial charge in [0.15, 0.2) is 17.3 Å². The van der Waals surface area contributed by atoms with Crippen LogP contribution in [0.15, 0.2) is 12.1 Å². The summed E-state index contributed by atoms with van der Waals surface area (Å²) in [6, 6.07) is 3.05. The lowest BCUT2D eigenvalue weighted by molar-refractivity contribution is 0.0999. The largest absolute Gasteiger partial charge is 0.504 e. The van der Waals surface area contributed by atoms with Crippen molar-refractivity contribution in [1.29, 1.82) is 0 Å². The third-order valence-corrected chi connectivity index (χ3v) is 2.91. The number of ketones is 1. The first kappa shape index (κ1) is 8.56. The number of hydrogen-bond acceptors (Lipinski definition) is 3. The molecule has 1 aromatic rings. The number of benzene rings is 1. The number of aromatic hydroxyl groups is 2. The van der Waals surface area contributed by atoms with Crippen LogP contribution in [0, 0.1) is 0 Å². The highest BCUT2D eigenvalue weighted by Crippen LogP contribution is 2.38. The lowest BCUT2D eigenvalue weighted by atomic mass is 10.1. The molecule has 0 bridgehead atoms. The van der Waals surface area contributed by atoms with Gasteiger partial charge in [-0.1, -0.05) is 22.0 Å². The molecule has 1 aromatic carbocycles. The number of rotatable bonds is 0. The fraction of sp³-hybridized carbons (Fsp3) is 0.222. The highest BCUT2D eigenvalue weighted by molar-refractivity contribution is 9.10. The molecular weight excluding hydrogens is 236 g/mol. The highest BCUT2D eigenvalue weighted by Gasteiger charge is 2.32. The van der Waals surface area contributed by atoms with E-state index in [0.717, 1.165) is 5.56 Å². The van der Waals surface area contributed by atoms with Gasteiger partial charge in [0.2, 0.25) is 0 Å². The van der Waals surface area contributed by atoms with E-state index in [0.29, 0.717) is 6.42 Å². The standard InChI is InChI=1S/C9H7BrO3/c10-5-3-4-1-2-6(11)9(13)7(4)8(5)12/h1-2,5,11,13H,3H2. The van der Waals surface area contributed by atoms with Gasteiger partial charge in [-0.3, -0.25) is 4.79 Å². The number of phenolic OH excluding ortho intramolecular Hbond substituents is 2. The monoisotopic (exact) mass is 242 g/mol. The van der Waals surface area contributed by atoms with E-state index in [-0.39, 0.29) is 27.7 Å². The summed E-state index contributed by atoms with van der Waals surface area (Å²) >= 11 is 3.20. The maximum atomic E-state index is 11.5. The summed E-state index contributed by atoms with van der Waals surface area (Å²) in [5, 5.41) is 18.6. The summed E-state index contributed by atoms with van der Waals surface area (Å²) in [5.41, 5.74) is 1.03. The molecule has 2 N–H and O–H groups in total. The van der Waals surface area contributed by atoms with Gasteiger partial charge in [-0.2, -0.15) is 0 Å². The van der Waals surface area contributed by atoms with E-state index in [1.54, 1.807) is 6.07 Å². The molecule has 0 heterocycles. The van der Waals surface area contributed by atoms with E-state index in [9.17, 15) is 9.90 Å². The maximum absolute atomic E-state index is 11.5. The minimum atomic E-state index is -0.301. The van der Waals surface area contributed by atoms with Gasteiger partial charge in [-0.05, 0) is 18.1 Å². The van der Waals surface area contributed by atoms with E-state index < -0.39 is 0 Å². The second-order valence-corrected chi connectivity index (χ2v) is 4.11. The average molecular weight is 243 g/mol. The minimum Gasteiger partial charge on any atom is -0.504 e. The van der Waals surface area contributed by atoms with E-state index in [2.05, 4.69) is 15.9 Å². The van der Waals surface area contributed by atoms with Crippen molar-refractivity contribution in [3.63, 3.8) is 0 Å². The Labute approximate surface area is 83.1 Å². The van der Waals surface area contributed by atoms with Gasteiger partial charge in [-0.15, -0.1) is 0 Å². The predicted molar refractivity (Wildman–Crippen MR) is 50.5 cm³/mol. The second-order valence-electron chi connectivity index (χ2n) is 3.00. The molecule has 0 spiro atoms. The Morgan fingerprint density at radius 3 is 2.77 bits per heavy atom. The molecule has 0 saturated carbocycles. The topological polar surface area (TPSA) is 57.5 Å². The first-order chi connectivity index (χ1) is 6.11. The Hall–Kier alpha value is -1.03. The zero-order valence-corrected chi connectivity index (χ0v) is 8.21. The highest BCUT2D eigenvalue weighted by atomic mass is 79.9. The summed E-state index contributed by atoms with van der Waals surface area (Å²) in [7, 11) is 0. The minimum absolute atomic E-state index is 0.164. The summed E-state index contributed by atoms with van der Waals surface area (Å²) < 4.78 is 0. The van der Waals surface area contributed by atoms with Crippen LogP contribution in [0.25, 0.3) is 0 Å². The number of alkyl halides is 1. The van der Waals surface area contributed by atoms with Gasteiger partial charge in [-0.25, -0.2) is 0 Å². The summed E-state index contributed by atoms with van der Waals surface area (Å²) in [4.78, 5) is 11.2. The number of hydrogen-bond donors (Lipinski definition) is 2. The average Bonchev–Trinajstić information content (AvgIpc) is 2.37. The van der Waals surface area contributed by atoms with Crippen molar-refractivity contribution < 1.29 is 15.0 Å². The van der Waals surface area contributed by atoms with Crippen LogP contribution in [-0.4, -0.2) is 20.8 Å². The number of fused-ring (bicyclic) bond motifs is 1. The molecule has 0 radical (unpaired) electrons. The number of halogens is 1. The Morgan fingerprint density at radius 2 is 2.08 bits per heavy atom. The van der Waals surface area contributed by atoms with Crippen LogP contribution in [0.5, 0.6) is 11.5 Å². The van der Waals surface area contributed by atoms with Crippen LogP contribution in [0.1, 0.15) is 15.9 Å². The Bertz CT molecular complexity index is 387. The van der Waals surface area contributed by atoms with E-state index in [1.165, 1.54) is 6.07 Å². The van der Waals surface area contributed by atoms with Crippen LogP contribution in [0.2, 0.25) is 0 Å². The quantitative estimate of drug-likeness (QED) is 0.537. The molecule has 3 nitrogen and oxygen atoms in total. The maximum Gasteiger partial charge on any atom is 0.180 e. The van der Waals surface area contributed by atoms with Crippen LogP contribution < -0.4 is 0 Å². The van der Waals surface area contributed by atoms with Gasteiger partial charge in [0.1, 0.15) is 0 Å². The van der Waals surface area contributed by atoms with Crippen LogP contribution in [-0.2, 0) is 6.42 Å². The van der Waals surface area contributed by atoms with Gasteiger partial charge in [0, 0.05) is 0 Å².